The summed E-state index contributed by atoms with van der Waals surface area (Å²) in [6, 6.07) is 0. The molecule has 4 atom stereocenters. The zero-order chi connectivity index (χ0) is 19.7. The van der Waals surface area contributed by atoms with Crippen LogP contribution in [0.1, 0.15) is 62.3 Å². The van der Waals surface area contributed by atoms with Gasteiger partial charge in [-0.05, 0) is 59.8 Å². The molecule has 5 nitrogen and oxygen atoms in total. The molecule has 0 aromatic carbocycles. The Morgan fingerprint density at radius 1 is 0.680 bits per heavy atom. The van der Waals surface area contributed by atoms with E-state index in [1.807, 2.05) is 41.5 Å². The molecule has 0 heterocycles. The first-order valence-corrected chi connectivity index (χ1v) is 11.6. The van der Waals surface area contributed by atoms with Crippen molar-refractivity contribution in [3.05, 3.63) is 0 Å². The van der Waals surface area contributed by atoms with Gasteiger partial charge < -0.3 is 24.7 Å². The summed E-state index contributed by atoms with van der Waals surface area (Å²) in [4.78, 5) is 0. The first-order valence-electron chi connectivity index (χ1n) is 9.40. The molecule has 0 aliphatic rings. The van der Waals surface area contributed by atoms with Crippen molar-refractivity contribution in [2.24, 2.45) is 5.73 Å². The van der Waals surface area contributed by atoms with Crippen LogP contribution < -0.4 is 5.73 Å². The summed E-state index contributed by atoms with van der Waals surface area (Å²) in [6.45, 7) is 21.0. The minimum absolute atomic E-state index is 0.241. The molecule has 0 fully saturated rings. The minimum Gasteiger partial charge on any atom is -0.347 e. The van der Waals surface area contributed by atoms with E-state index in [2.05, 4.69) is 20.8 Å². The quantitative estimate of drug-likeness (QED) is 0.349. The summed E-state index contributed by atoms with van der Waals surface area (Å²) in [6.07, 6.45) is 0. The molecule has 0 aromatic heterocycles. The van der Waals surface area contributed by atoms with Crippen molar-refractivity contribution in [2.45, 2.75) is 90.2 Å². The van der Waals surface area contributed by atoms with E-state index < -0.39 is 11.1 Å². The molecule has 0 saturated carbocycles. The van der Waals surface area contributed by atoms with Crippen LogP contribution in [0.4, 0.5) is 0 Å². The van der Waals surface area contributed by atoms with Crippen LogP contribution in [0.3, 0.4) is 0 Å². The first-order chi connectivity index (χ1) is 11.5. The van der Waals surface area contributed by atoms with Crippen molar-refractivity contribution in [3.63, 3.8) is 0 Å². The van der Waals surface area contributed by atoms with Crippen LogP contribution in [0.2, 0.25) is 0 Å². The lowest BCUT2D eigenvalue weighted by Gasteiger charge is -2.44. The molecule has 152 valence electrons. The Balaban J connectivity index is 5.11. The van der Waals surface area contributed by atoms with E-state index in [0.717, 1.165) is 0 Å². The van der Waals surface area contributed by atoms with Crippen molar-refractivity contribution in [1.29, 1.82) is 0 Å². The van der Waals surface area contributed by atoms with Crippen molar-refractivity contribution in [1.82, 2.24) is 0 Å². The SMILES string of the molecule is CCOC(C)(OCC)PC(C)C(C)(N)C(C)PC(C)(OCC)OCC. The third-order valence-corrected chi connectivity index (χ3v) is 8.24. The molecule has 0 aliphatic heterocycles. The van der Waals surface area contributed by atoms with E-state index in [9.17, 15) is 0 Å². The molecule has 0 radical (unpaired) electrons. The summed E-state index contributed by atoms with van der Waals surface area (Å²) < 4.78 is 23.5. The fourth-order valence-corrected chi connectivity index (χ4v) is 6.60. The molecule has 2 N–H and O–H groups in total. The lowest BCUT2D eigenvalue weighted by Crippen LogP contribution is -2.54. The minimum atomic E-state index is -0.574. The van der Waals surface area contributed by atoms with Gasteiger partial charge in [0.05, 0.1) is 0 Å². The van der Waals surface area contributed by atoms with E-state index in [-0.39, 0.29) is 16.9 Å². The number of rotatable bonds is 14. The van der Waals surface area contributed by atoms with E-state index >= 15 is 0 Å². The number of ether oxygens (including phenoxy) is 4. The van der Waals surface area contributed by atoms with E-state index in [4.69, 9.17) is 24.7 Å². The summed E-state index contributed by atoms with van der Waals surface area (Å²) in [7, 11) is 0.899. The lowest BCUT2D eigenvalue weighted by molar-refractivity contribution is -0.156. The molecular formula is C18H41NO4P2. The van der Waals surface area contributed by atoms with E-state index in [1.165, 1.54) is 0 Å². The van der Waals surface area contributed by atoms with E-state index in [1.54, 1.807) is 0 Å². The number of nitrogens with two attached hydrogens (primary N) is 1. The fraction of sp³-hybridized carbons (Fsp3) is 1.00. The van der Waals surface area contributed by atoms with Gasteiger partial charge in [-0.15, -0.1) is 0 Å². The normalized spacial score (nSPS) is 19.0. The Labute approximate surface area is 159 Å². The third-order valence-electron chi connectivity index (χ3n) is 4.50. The maximum Gasteiger partial charge on any atom is 0.181 e. The molecule has 0 amide bonds. The molecule has 7 heteroatoms. The molecule has 0 rings (SSSR count). The topological polar surface area (TPSA) is 62.9 Å². The van der Waals surface area contributed by atoms with Gasteiger partial charge in [0.1, 0.15) is 0 Å². The second-order valence-electron chi connectivity index (χ2n) is 6.72. The molecular weight excluding hydrogens is 356 g/mol. The Bertz CT molecular complexity index is 325. The Morgan fingerprint density at radius 3 is 1.12 bits per heavy atom. The predicted molar refractivity (Wildman–Crippen MR) is 111 cm³/mol. The highest BCUT2D eigenvalue weighted by Crippen LogP contribution is 2.48. The van der Waals surface area contributed by atoms with Gasteiger partial charge in [-0.3, -0.25) is 0 Å². The van der Waals surface area contributed by atoms with Crippen molar-refractivity contribution in [3.8, 4) is 0 Å². The van der Waals surface area contributed by atoms with Crippen LogP contribution in [0.15, 0.2) is 0 Å². The molecule has 25 heavy (non-hydrogen) atoms. The van der Waals surface area contributed by atoms with Crippen molar-refractivity contribution < 1.29 is 18.9 Å². The summed E-state index contributed by atoms with van der Waals surface area (Å²) in [5, 5.41) is 0. The van der Waals surface area contributed by atoms with Crippen LogP contribution in [0.25, 0.3) is 0 Å². The van der Waals surface area contributed by atoms with Gasteiger partial charge in [0.2, 0.25) is 0 Å². The average molecular weight is 397 g/mol. The van der Waals surface area contributed by atoms with Gasteiger partial charge in [-0.2, -0.15) is 0 Å². The molecule has 0 aromatic rings. The second kappa shape index (κ2) is 11.5. The summed E-state index contributed by atoms with van der Waals surface area (Å²) in [5.74, 6) is 0. The molecule has 0 saturated heterocycles. The van der Waals surface area contributed by atoms with Crippen LogP contribution >= 0.6 is 17.2 Å². The highest BCUT2D eigenvalue weighted by atomic mass is 31.1. The number of hydrogen-bond acceptors (Lipinski definition) is 5. The zero-order valence-corrected chi connectivity index (χ0v) is 19.7. The van der Waals surface area contributed by atoms with E-state index in [0.29, 0.717) is 43.6 Å². The smallest absolute Gasteiger partial charge is 0.181 e. The van der Waals surface area contributed by atoms with Crippen LogP contribution in [-0.2, 0) is 18.9 Å². The third kappa shape index (κ3) is 8.47. The first kappa shape index (κ1) is 25.7. The van der Waals surface area contributed by atoms with Crippen LogP contribution in [0, 0.1) is 0 Å². The number of hydrogen-bond donors (Lipinski definition) is 1. The Kier molecular flexibility index (Phi) is 11.8. The Hall–Kier alpha value is 0.660. The molecule has 0 bridgehead atoms. The van der Waals surface area contributed by atoms with Crippen LogP contribution in [-0.4, -0.2) is 54.3 Å². The maximum absolute atomic E-state index is 6.79. The van der Waals surface area contributed by atoms with Gasteiger partial charge in [-0.25, -0.2) is 0 Å². The van der Waals surface area contributed by atoms with Gasteiger partial charge in [0.25, 0.3) is 0 Å². The monoisotopic (exact) mass is 397 g/mol. The van der Waals surface area contributed by atoms with Gasteiger partial charge >= 0.3 is 0 Å². The molecule has 0 aliphatic carbocycles. The highest BCUT2D eigenvalue weighted by molar-refractivity contribution is 7.41. The molecule has 0 spiro atoms. The largest absolute Gasteiger partial charge is 0.347 e. The standard InChI is InChI=1S/C18H41NO4P2/c1-10-20-17(8,21-11-2)24-14(5)16(7,19)15(6)25-18(9,22-12-3)23-13-4/h14-15,24-25H,10-13,19H2,1-9H3. The predicted octanol–water partition coefficient (Wildman–Crippen LogP) is 4.33. The zero-order valence-electron chi connectivity index (χ0n) is 17.7. The van der Waals surface area contributed by atoms with Gasteiger partial charge in [-0.1, -0.05) is 31.0 Å². The van der Waals surface area contributed by atoms with Crippen molar-refractivity contribution in [2.75, 3.05) is 26.4 Å². The second-order valence-corrected chi connectivity index (χ2v) is 10.8. The summed E-state index contributed by atoms with van der Waals surface area (Å²) >= 11 is 0. The van der Waals surface area contributed by atoms with Gasteiger partial charge in [0, 0.05) is 32.0 Å². The summed E-state index contributed by atoms with van der Waals surface area (Å²) in [5.41, 5.74) is 5.76. The lowest BCUT2D eigenvalue weighted by atomic mass is 9.96. The molecule has 4 unspecified atom stereocenters. The Morgan fingerprint density at radius 2 is 0.920 bits per heavy atom. The van der Waals surface area contributed by atoms with Crippen LogP contribution in [0.5, 0.6) is 0 Å². The highest BCUT2D eigenvalue weighted by Gasteiger charge is 2.41. The fourth-order valence-electron chi connectivity index (χ4n) is 2.82. The van der Waals surface area contributed by atoms with Gasteiger partial charge in [0.15, 0.2) is 11.1 Å². The average Bonchev–Trinajstić information content (AvgIpc) is 2.47. The van der Waals surface area contributed by atoms with Crippen molar-refractivity contribution >= 4 is 17.2 Å². The maximum atomic E-state index is 6.79.